The number of aromatic nitrogens is 1. The van der Waals surface area contributed by atoms with Crippen molar-refractivity contribution in [2.45, 2.75) is 6.92 Å². The van der Waals surface area contributed by atoms with Gasteiger partial charge in [0.1, 0.15) is 5.75 Å². The van der Waals surface area contributed by atoms with Gasteiger partial charge in [-0.1, -0.05) is 12.1 Å². The van der Waals surface area contributed by atoms with Crippen molar-refractivity contribution in [2.75, 3.05) is 5.73 Å². The van der Waals surface area contributed by atoms with Gasteiger partial charge in [0.05, 0.1) is 16.6 Å². The molecule has 6 heteroatoms. The number of pyridine rings is 1. The van der Waals surface area contributed by atoms with Crippen LogP contribution in [-0.4, -0.2) is 15.6 Å². The number of carbonyl (C=O) groups is 1. The first-order valence-corrected chi connectivity index (χ1v) is 7.33. The lowest BCUT2D eigenvalue weighted by molar-refractivity contribution is 0.100. The van der Waals surface area contributed by atoms with E-state index >= 15 is 0 Å². The number of anilines is 1. The molecule has 1 aromatic heterocycles. The van der Waals surface area contributed by atoms with Gasteiger partial charge in [0, 0.05) is 18.8 Å². The summed E-state index contributed by atoms with van der Waals surface area (Å²) in [6.45, 7) is 1.72. The third kappa shape index (κ3) is 2.20. The number of nitrogen functional groups attached to an aromatic ring is 1. The van der Waals surface area contributed by atoms with E-state index in [0.29, 0.717) is 27.5 Å². The number of aromatic hydroxyl groups is 1. The smallest absolute Gasteiger partial charge is 0.258 e. The summed E-state index contributed by atoms with van der Waals surface area (Å²) in [6.07, 6.45) is 1.62. The highest BCUT2D eigenvalue weighted by Gasteiger charge is 2.20. The van der Waals surface area contributed by atoms with Gasteiger partial charge in [-0.3, -0.25) is 9.59 Å². The first kappa shape index (κ1) is 15.6. The molecule has 6 nitrogen and oxygen atoms in total. The monoisotopic (exact) mass is 323 g/mol. The molecule has 1 amide bonds. The number of carbonyl (C=O) groups excluding carboxylic acids is 1. The summed E-state index contributed by atoms with van der Waals surface area (Å²) in [4.78, 5) is 24.4. The van der Waals surface area contributed by atoms with Gasteiger partial charge >= 0.3 is 0 Å². The van der Waals surface area contributed by atoms with Crippen molar-refractivity contribution < 1.29 is 9.90 Å². The second kappa shape index (κ2) is 5.42. The molecule has 0 bridgehead atoms. The lowest BCUT2D eigenvalue weighted by Crippen LogP contribution is -2.19. The number of hydrogen-bond donors (Lipinski definition) is 3. The molecule has 0 aliphatic carbocycles. The summed E-state index contributed by atoms with van der Waals surface area (Å²) >= 11 is 0. The van der Waals surface area contributed by atoms with Crippen LogP contribution in [0.4, 0.5) is 5.69 Å². The summed E-state index contributed by atoms with van der Waals surface area (Å²) in [5.74, 6) is -0.591. The minimum absolute atomic E-state index is 0.0808. The molecule has 0 unspecified atom stereocenters. The van der Waals surface area contributed by atoms with Crippen LogP contribution in [0.3, 0.4) is 0 Å². The van der Waals surface area contributed by atoms with Crippen molar-refractivity contribution in [3.05, 3.63) is 58.0 Å². The lowest BCUT2D eigenvalue weighted by atomic mass is 9.91. The zero-order valence-corrected chi connectivity index (χ0v) is 13.3. The number of fused-ring (bicyclic) bond motifs is 1. The fourth-order valence-corrected chi connectivity index (χ4v) is 2.90. The Bertz CT molecular complexity index is 1050. The zero-order valence-electron chi connectivity index (χ0n) is 13.3. The van der Waals surface area contributed by atoms with Crippen LogP contribution < -0.4 is 17.0 Å². The molecule has 1 heterocycles. The van der Waals surface area contributed by atoms with E-state index in [1.165, 1.54) is 10.6 Å². The maximum atomic E-state index is 12.7. The van der Waals surface area contributed by atoms with E-state index in [4.69, 9.17) is 11.5 Å². The van der Waals surface area contributed by atoms with Crippen molar-refractivity contribution >= 4 is 22.4 Å². The molecule has 5 N–H and O–H groups in total. The first-order chi connectivity index (χ1) is 11.3. The number of amides is 1. The van der Waals surface area contributed by atoms with Crippen LogP contribution in [0.15, 0.2) is 41.3 Å². The van der Waals surface area contributed by atoms with Gasteiger partial charge in [0.25, 0.3) is 11.5 Å². The average Bonchev–Trinajstić information content (AvgIpc) is 2.54. The van der Waals surface area contributed by atoms with Gasteiger partial charge in [-0.05, 0) is 41.6 Å². The van der Waals surface area contributed by atoms with Gasteiger partial charge in [0.15, 0.2) is 0 Å². The average molecular weight is 323 g/mol. The van der Waals surface area contributed by atoms with E-state index in [1.54, 1.807) is 44.4 Å². The third-order valence-electron chi connectivity index (χ3n) is 4.25. The molecule has 0 fully saturated rings. The largest absolute Gasteiger partial charge is 0.508 e. The molecule has 0 radical (unpaired) electrons. The molecule has 24 heavy (non-hydrogen) atoms. The molecule has 0 saturated heterocycles. The lowest BCUT2D eigenvalue weighted by Gasteiger charge is -2.16. The second-order valence-electron chi connectivity index (χ2n) is 5.72. The molecule has 0 aliphatic heterocycles. The molecule has 0 aliphatic rings. The molecule has 0 spiro atoms. The van der Waals surface area contributed by atoms with Gasteiger partial charge < -0.3 is 21.1 Å². The Hall–Kier alpha value is -3.28. The van der Waals surface area contributed by atoms with E-state index in [1.807, 2.05) is 0 Å². The van der Waals surface area contributed by atoms with Crippen molar-refractivity contribution in [2.24, 2.45) is 12.8 Å². The van der Waals surface area contributed by atoms with Crippen molar-refractivity contribution in [1.29, 1.82) is 0 Å². The van der Waals surface area contributed by atoms with E-state index < -0.39 is 5.91 Å². The summed E-state index contributed by atoms with van der Waals surface area (Å²) < 4.78 is 1.44. The molecular weight excluding hydrogens is 306 g/mol. The number of aryl methyl sites for hydroxylation is 1. The van der Waals surface area contributed by atoms with E-state index in [2.05, 4.69) is 0 Å². The third-order valence-corrected chi connectivity index (χ3v) is 4.25. The standard InChI is InChI=1S/C18H17N3O3/c1-9-11(4-3-5-13(9)22)15-14-10(6-7-21(2)18(14)24)8-12(16(15)19)17(20)23/h3-8,22H,19H2,1-2H3,(H2,20,23). The maximum absolute atomic E-state index is 12.7. The summed E-state index contributed by atoms with van der Waals surface area (Å²) in [5.41, 5.74) is 13.2. The van der Waals surface area contributed by atoms with Crippen molar-refractivity contribution in [3.8, 4) is 16.9 Å². The van der Waals surface area contributed by atoms with Gasteiger partial charge in [-0.2, -0.15) is 0 Å². The highest BCUT2D eigenvalue weighted by molar-refractivity contribution is 6.11. The highest BCUT2D eigenvalue weighted by Crippen LogP contribution is 2.38. The Morgan fingerprint density at radius 3 is 2.62 bits per heavy atom. The van der Waals surface area contributed by atoms with Crippen molar-refractivity contribution in [1.82, 2.24) is 4.57 Å². The molecule has 0 saturated carbocycles. The van der Waals surface area contributed by atoms with Crippen molar-refractivity contribution in [3.63, 3.8) is 0 Å². The Balaban J connectivity index is 2.60. The minimum Gasteiger partial charge on any atom is -0.508 e. The minimum atomic E-state index is -0.672. The predicted octanol–water partition coefficient (Wildman–Crippen LogP) is 1.90. The van der Waals surface area contributed by atoms with Gasteiger partial charge in [-0.15, -0.1) is 0 Å². The highest BCUT2D eigenvalue weighted by atomic mass is 16.3. The summed E-state index contributed by atoms with van der Waals surface area (Å²) in [6, 6.07) is 8.21. The number of rotatable bonds is 2. The Labute approximate surface area is 137 Å². The predicted molar refractivity (Wildman–Crippen MR) is 94.0 cm³/mol. The molecular formula is C18H17N3O3. The summed E-state index contributed by atoms with van der Waals surface area (Å²) in [7, 11) is 1.64. The molecule has 3 aromatic rings. The van der Waals surface area contributed by atoms with Crippen LogP contribution in [-0.2, 0) is 7.05 Å². The fourth-order valence-electron chi connectivity index (χ4n) is 2.90. The Morgan fingerprint density at radius 1 is 1.25 bits per heavy atom. The number of benzene rings is 2. The molecule has 122 valence electrons. The first-order valence-electron chi connectivity index (χ1n) is 7.33. The molecule has 3 rings (SSSR count). The van der Waals surface area contributed by atoms with Crippen LogP contribution in [0, 0.1) is 6.92 Å². The van der Waals surface area contributed by atoms with Crippen LogP contribution in [0.2, 0.25) is 0 Å². The second-order valence-corrected chi connectivity index (χ2v) is 5.72. The van der Waals surface area contributed by atoms with Crippen LogP contribution >= 0.6 is 0 Å². The quantitative estimate of drug-likeness (QED) is 0.625. The number of phenols is 1. The van der Waals surface area contributed by atoms with E-state index in [0.717, 1.165) is 0 Å². The fraction of sp³-hybridized carbons (Fsp3) is 0.111. The topological polar surface area (TPSA) is 111 Å². The summed E-state index contributed by atoms with van der Waals surface area (Å²) in [5, 5.41) is 11.0. The van der Waals surface area contributed by atoms with Crippen LogP contribution in [0.25, 0.3) is 21.9 Å². The Morgan fingerprint density at radius 2 is 1.96 bits per heavy atom. The molecule has 0 atom stereocenters. The zero-order chi connectivity index (χ0) is 17.6. The van der Waals surface area contributed by atoms with E-state index in [-0.39, 0.29) is 22.6 Å². The van der Waals surface area contributed by atoms with Crippen LogP contribution in [0.1, 0.15) is 15.9 Å². The number of nitrogens with two attached hydrogens (primary N) is 2. The van der Waals surface area contributed by atoms with Crippen LogP contribution in [0.5, 0.6) is 5.75 Å². The maximum Gasteiger partial charge on any atom is 0.258 e. The van der Waals surface area contributed by atoms with Gasteiger partial charge in [0.2, 0.25) is 0 Å². The Kier molecular flexibility index (Phi) is 3.52. The number of nitrogens with zero attached hydrogens (tertiary/aromatic N) is 1. The number of primary amides is 1. The molecule has 2 aromatic carbocycles. The normalized spacial score (nSPS) is 10.9. The number of phenolic OH excluding ortho intramolecular Hbond substituents is 1. The SMILES string of the molecule is Cc1c(O)cccc1-c1c(N)c(C(N)=O)cc2ccn(C)c(=O)c12. The van der Waals surface area contributed by atoms with E-state index in [9.17, 15) is 14.7 Å². The number of hydrogen-bond acceptors (Lipinski definition) is 4. The van der Waals surface area contributed by atoms with Gasteiger partial charge in [-0.25, -0.2) is 0 Å².